The summed E-state index contributed by atoms with van der Waals surface area (Å²) in [5.74, 6) is -0.305. The summed E-state index contributed by atoms with van der Waals surface area (Å²) in [6.07, 6.45) is 1.65. The zero-order valence-corrected chi connectivity index (χ0v) is 21.7. The summed E-state index contributed by atoms with van der Waals surface area (Å²) < 4.78 is 60.3. The molecule has 1 saturated heterocycles. The molecule has 3 aromatic rings. The Bertz CT molecular complexity index is 1470. The van der Waals surface area contributed by atoms with Crippen molar-refractivity contribution in [3.63, 3.8) is 0 Å². The topological polar surface area (TPSA) is 122 Å². The lowest BCUT2D eigenvalue weighted by Crippen LogP contribution is -2.27. The number of methoxy groups -OCH3 is 1. The van der Waals surface area contributed by atoms with Crippen molar-refractivity contribution >= 4 is 48.9 Å². The van der Waals surface area contributed by atoms with Gasteiger partial charge < -0.3 is 10.1 Å². The Morgan fingerprint density at radius 1 is 0.889 bits per heavy atom. The predicted octanol–water partition coefficient (Wildman–Crippen LogP) is 4.19. The number of benzene rings is 3. The quantitative estimate of drug-likeness (QED) is 0.434. The molecule has 0 radical (unpaired) electrons. The molecule has 0 aromatic heterocycles. The van der Waals surface area contributed by atoms with Crippen molar-refractivity contribution in [1.29, 1.82) is 0 Å². The number of carbonyl (C=O) groups excluding carboxylic acids is 1. The highest BCUT2D eigenvalue weighted by molar-refractivity contribution is 7.92. The molecule has 12 heteroatoms. The average molecular weight is 550 g/mol. The molecule has 0 aliphatic carbocycles. The van der Waals surface area contributed by atoms with Gasteiger partial charge in [-0.3, -0.25) is 9.52 Å². The monoisotopic (exact) mass is 549 g/mol. The Hall–Kier alpha value is -3.12. The smallest absolute Gasteiger partial charge is 0.261 e. The molecule has 9 nitrogen and oxygen atoms in total. The van der Waals surface area contributed by atoms with Crippen molar-refractivity contribution in [1.82, 2.24) is 4.31 Å². The van der Waals surface area contributed by atoms with Crippen LogP contribution >= 0.6 is 11.6 Å². The van der Waals surface area contributed by atoms with Crippen LogP contribution in [-0.2, 0) is 20.0 Å². The molecule has 190 valence electrons. The molecule has 0 saturated carbocycles. The molecule has 1 aliphatic rings. The lowest BCUT2D eigenvalue weighted by Gasteiger charge is -2.16. The molecule has 1 fully saturated rings. The molecule has 3 aromatic carbocycles. The maximum Gasteiger partial charge on any atom is 0.261 e. The van der Waals surface area contributed by atoms with Gasteiger partial charge in [-0.15, -0.1) is 0 Å². The second-order valence-corrected chi connectivity index (χ2v) is 12.1. The Morgan fingerprint density at radius 2 is 1.50 bits per heavy atom. The molecule has 36 heavy (non-hydrogen) atoms. The normalized spacial score (nSPS) is 14.4. The highest BCUT2D eigenvalue weighted by atomic mass is 35.5. The van der Waals surface area contributed by atoms with Crippen LogP contribution in [0.3, 0.4) is 0 Å². The van der Waals surface area contributed by atoms with Crippen LogP contribution < -0.4 is 14.8 Å². The number of carbonyl (C=O) groups is 1. The number of nitrogens with zero attached hydrogens (tertiary/aromatic N) is 1. The molecule has 0 unspecified atom stereocenters. The fourth-order valence-electron chi connectivity index (χ4n) is 3.73. The molecule has 0 atom stereocenters. The van der Waals surface area contributed by atoms with Gasteiger partial charge in [0.15, 0.2) is 0 Å². The largest absolute Gasteiger partial charge is 0.495 e. The van der Waals surface area contributed by atoms with Gasteiger partial charge in [0.25, 0.3) is 15.9 Å². The van der Waals surface area contributed by atoms with E-state index >= 15 is 0 Å². The first-order valence-electron chi connectivity index (χ1n) is 11.0. The van der Waals surface area contributed by atoms with Crippen LogP contribution in [-0.4, -0.2) is 47.2 Å². The summed E-state index contributed by atoms with van der Waals surface area (Å²) in [6, 6.07) is 15.8. The van der Waals surface area contributed by atoms with Gasteiger partial charge in [-0.05, 0) is 79.6 Å². The van der Waals surface area contributed by atoms with Crippen molar-refractivity contribution in [2.75, 3.05) is 30.2 Å². The Kier molecular flexibility index (Phi) is 7.55. The summed E-state index contributed by atoms with van der Waals surface area (Å²) in [5.41, 5.74) is 0.657. The van der Waals surface area contributed by atoms with E-state index in [1.165, 1.54) is 66.0 Å². The van der Waals surface area contributed by atoms with Crippen LogP contribution in [0, 0.1) is 0 Å². The van der Waals surface area contributed by atoms with E-state index in [4.69, 9.17) is 16.3 Å². The van der Waals surface area contributed by atoms with Crippen LogP contribution in [0.15, 0.2) is 76.5 Å². The molecule has 0 spiro atoms. The molecule has 1 aliphatic heterocycles. The molecular weight excluding hydrogens is 526 g/mol. The number of amides is 1. The van der Waals surface area contributed by atoms with E-state index in [1.807, 2.05) is 0 Å². The molecule has 2 N–H and O–H groups in total. The SMILES string of the molecule is COc1ccc(S(=O)(=O)Nc2ccc(Cl)cc2)cc1NC(=O)c1ccc(S(=O)(=O)N2CCCC2)cc1. The zero-order chi connectivity index (χ0) is 25.9. The number of hydrogen-bond donors (Lipinski definition) is 2. The zero-order valence-electron chi connectivity index (χ0n) is 19.3. The van der Waals surface area contributed by atoms with Crippen molar-refractivity contribution < 1.29 is 26.4 Å². The number of ether oxygens (including phenoxy) is 1. The van der Waals surface area contributed by atoms with Crippen molar-refractivity contribution in [2.45, 2.75) is 22.6 Å². The van der Waals surface area contributed by atoms with E-state index in [2.05, 4.69) is 10.0 Å². The Labute approximate surface area is 215 Å². The summed E-state index contributed by atoms with van der Waals surface area (Å²) in [6.45, 7) is 0.965. The van der Waals surface area contributed by atoms with E-state index < -0.39 is 26.0 Å². The average Bonchev–Trinajstić information content (AvgIpc) is 3.41. The van der Waals surface area contributed by atoms with Gasteiger partial charge in [0.2, 0.25) is 10.0 Å². The van der Waals surface area contributed by atoms with Crippen LogP contribution in [0.25, 0.3) is 0 Å². The summed E-state index contributed by atoms with van der Waals surface area (Å²) in [4.78, 5) is 12.9. The predicted molar refractivity (Wildman–Crippen MR) is 138 cm³/mol. The molecule has 1 amide bonds. The lowest BCUT2D eigenvalue weighted by molar-refractivity contribution is 0.102. The lowest BCUT2D eigenvalue weighted by atomic mass is 10.2. The van der Waals surface area contributed by atoms with E-state index in [0.717, 1.165) is 12.8 Å². The third kappa shape index (κ3) is 5.65. The molecule has 4 rings (SSSR count). The first-order valence-corrected chi connectivity index (χ1v) is 14.3. The highest BCUT2D eigenvalue weighted by Gasteiger charge is 2.27. The van der Waals surface area contributed by atoms with Gasteiger partial charge >= 0.3 is 0 Å². The number of sulfonamides is 2. The van der Waals surface area contributed by atoms with Crippen LogP contribution in [0.5, 0.6) is 5.75 Å². The van der Waals surface area contributed by atoms with Crippen molar-refractivity contribution in [3.8, 4) is 5.75 Å². The van der Waals surface area contributed by atoms with Crippen molar-refractivity contribution in [3.05, 3.63) is 77.3 Å². The maximum atomic E-state index is 12.9. The fourth-order valence-corrected chi connectivity index (χ4v) is 6.46. The third-order valence-electron chi connectivity index (χ3n) is 5.65. The number of anilines is 2. The van der Waals surface area contributed by atoms with Gasteiger partial charge in [0, 0.05) is 29.4 Å². The second-order valence-electron chi connectivity index (χ2n) is 8.06. The molecule has 0 bridgehead atoms. The van der Waals surface area contributed by atoms with Crippen molar-refractivity contribution in [2.24, 2.45) is 0 Å². The number of nitrogens with one attached hydrogen (secondary N) is 2. The Morgan fingerprint density at radius 3 is 2.11 bits per heavy atom. The minimum absolute atomic E-state index is 0.0967. The minimum Gasteiger partial charge on any atom is -0.495 e. The van der Waals surface area contributed by atoms with Gasteiger partial charge in [0.05, 0.1) is 22.6 Å². The van der Waals surface area contributed by atoms with Gasteiger partial charge in [-0.2, -0.15) is 4.31 Å². The maximum absolute atomic E-state index is 12.9. The van der Waals surface area contributed by atoms with E-state index in [9.17, 15) is 21.6 Å². The number of hydrogen-bond acceptors (Lipinski definition) is 6. The molecule has 1 heterocycles. The second kappa shape index (κ2) is 10.5. The Balaban J connectivity index is 1.54. The fraction of sp³-hybridized carbons (Fsp3) is 0.208. The summed E-state index contributed by atoms with van der Waals surface area (Å²) in [5, 5.41) is 3.11. The first kappa shape index (κ1) is 26.0. The van der Waals surface area contributed by atoms with Crippen LogP contribution in [0.2, 0.25) is 5.02 Å². The summed E-state index contributed by atoms with van der Waals surface area (Å²) >= 11 is 5.85. The van der Waals surface area contributed by atoms with Crippen LogP contribution in [0.1, 0.15) is 23.2 Å². The number of rotatable bonds is 8. The van der Waals surface area contributed by atoms with E-state index in [-0.39, 0.29) is 26.8 Å². The third-order valence-corrected chi connectivity index (χ3v) is 9.19. The van der Waals surface area contributed by atoms with Gasteiger partial charge in [0.1, 0.15) is 5.75 Å². The molecular formula is C24H24ClN3O6S2. The van der Waals surface area contributed by atoms with E-state index in [0.29, 0.717) is 23.8 Å². The number of halogens is 1. The summed E-state index contributed by atoms with van der Waals surface area (Å²) in [7, 11) is -6.18. The minimum atomic E-state index is -3.98. The van der Waals surface area contributed by atoms with E-state index in [1.54, 1.807) is 12.1 Å². The van der Waals surface area contributed by atoms with Crippen LogP contribution in [0.4, 0.5) is 11.4 Å². The van der Waals surface area contributed by atoms with Gasteiger partial charge in [-0.1, -0.05) is 11.6 Å². The van der Waals surface area contributed by atoms with Gasteiger partial charge in [-0.25, -0.2) is 16.8 Å². The standard InChI is InChI=1S/C24H24ClN3O6S2/c1-34-23-13-12-21(35(30,31)27-19-8-6-18(25)7-9-19)16-22(23)26-24(29)17-4-10-20(11-5-17)36(32,33)28-14-2-3-15-28/h4-13,16,27H,2-3,14-15H2,1H3,(H,26,29). The first-order chi connectivity index (χ1) is 17.1. The highest BCUT2D eigenvalue weighted by Crippen LogP contribution is 2.29.